The van der Waals surface area contributed by atoms with Crippen LogP contribution in [0.3, 0.4) is 0 Å². The number of amides is 1. The van der Waals surface area contributed by atoms with E-state index in [1.165, 1.54) is 12.1 Å². The van der Waals surface area contributed by atoms with Gasteiger partial charge in [0.25, 0.3) is 0 Å². The highest BCUT2D eigenvalue weighted by Crippen LogP contribution is 2.29. The molecule has 1 amide bonds. The third-order valence-electron chi connectivity index (χ3n) is 4.10. The minimum absolute atomic E-state index is 0.0444. The topological polar surface area (TPSA) is 46.3 Å². The van der Waals surface area contributed by atoms with E-state index in [1.807, 2.05) is 6.92 Å². The first kappa shape index (κ1) is 14.0. The standard InChI is InChI=1S/C15H21FN2O/c1-10(11-3-6-13(16)7-4-11)18(2)15(19)12-5-8-14(17)9-12/h3-4,6-7,10,12,14H,5,8-9,17H2,1-2H3. The summed E-state index contributed by atoms with van der Waals surface area (Å²) in [7, 11) is 1.81. The zero-order valence-electron chi connectivity index (χ0n) is 11.5. The van der Waals surface area contributed by atoms with Gasteiger partial charge in [0.15, 0.2) is 0 Å². The van der Waals surface area contributed by atoms with Crippen LogP contribution in [-0.4, -0.2) is 23.9 Å². The quantitative estimate of drug-likeness (QED) is 0.911. The first-order valence-corrected chi connectivity index (χ1v) is 6.76. The van der Waals surface area contributed by atoms with E-state index < -0.39 is 0 Å². The van der Waals surface area contributed by atoms with Gasteiger partial charge in [-0.25, -0.2) is 4.39 Å². The van der Waals surface area contributed by atoms with Gasteiger partial charge in [0, 0.05) is 19.0 Å². The molecule has 0 saturated heterocycles. The van der Waals surface area contributed by atoms with Crippen LogP contribution in [0.15, 0.2) is 24.3 Å². The van der Waals surface area contributed by atoms with Crippen molar-refractivity contribution >= 4 is 5.91 Å². The van der Waals surface area contributed by atoms with Crippen LogP contribution in [0.1, 0.15) is 37.8 Å². The van der Waals surface area contributed by atoms with E-state index in [4.69, 9.17) is 5.73 Å². The summed E-state index contributed by atoms with van der Waals surface area (Å²) >= 11 is 0. The van der Waals surface area contributed by atoms with Crippen molar-refractivity contribution in [3.8, 4) is 0 Å². The minimum atomic E-state index is -0.258. The van der Waals surface area contributed by atoms with Crippen LogP contribution < -0.4 is 5.73 Å². The van der Waals surface area contributed by atoms with Crippen molar-refractivity contribution in [1.82, 2.24) is 4.90 Å². The number of hydrogen-bond acceptors (Lipinski definition) is 2. The second-order valence-corrected chi connectivity index (χ2v) is 5.45. The van der Waals surface area contributed by atoms with Gasteiger partial charge in [-0.2, -0.15) is 0 Å². The van der Waals surface area contributed by atoms with Crippen molar-refractivity contribution in [1.29, 1.82) is 0 Å². The average Bonchev–Trinajstić information content (AvgIpc) is 2.84. The Bertz CT molecular complexity index is 446. The highest BCUT2D eigenvalue weighted by Gasteiger charge is 2.31. The maximum Gasteiger partial charge on any atom is 0.225 e. The van der Waals surface area contributed by atoms with Crippen LogP contribution in [0.2, 0.25) is 0 Å². The molecule has 3 unspecified atom stereocenters. The van der Waals surface area contributed by atoms with E-state index in [9.17, 15) is 9.18 Å². The number of halogens is 1. The molecule has 1 fully saturated rings. The Morgan fingerprint density at radius 2 is 2.00 bits per heavy atom. The molecule has 2 rings (SSSR count). The Balaban J connectivity index is 2.04. The number of benzene rings is 1. The maximum atomic E-state index is 12.9. The van der Waals surface area contributed by atoms with Crippen LogP contribution in [0, 0.1) is 11.7 Å². The third-order valence-corrected chi connectivity index (χ3v) is 4.10. The smallest absolute Gasteiger partial charge is 0.225 e. The molecular formula is C15H21FN2O. The van der Waals surface area contributed by atoms with Gasteiger partial charge >= 0.3 is 0 Å². The Kier molecular flexibility index (Phi) is 4.20. The molecule has 1 aliphatic carbocycles. The average molecular weight is 264 g/mol. The summed E-state index contributed by atoms with van der Waals surface area (Å²) in [6, 6.07) is 6.41. The van der Waals surface area contributed by atoms with Gasteiger partial charge in [-0.1, -0.05) is 12.1 Å². The normalized spacial score (nSPS) is 24.2. The van der Waals surface area contributed by atoms with Crippen LogP contribution in [0.4, 0.5) is 4.39 Å². The van der Waals surface area contributed by atoms with Crippen molar-refractivity contribution in [3.63, 3.8) is 0 Å². The summed E-state index contributed by atoms with van der Waals surface area (Å²) in [5.74, 6) is -0.0700. The highest BCUT2D eigenvalue weighted by molar-refractivity contribution is 5.79. The largest absolute Gasteiger partial charge is 0.339 e. The Hall–Kier alpha value is -1.42. The van der Waals surface area contributed by atoms with Crippen LogP contribution in [0.25, 0.3) is 0 Å². The predicted molar refractivity (Wildman–Crippen MR) is 72.9 cm³/mol. The Morgan fingerprint density at radius 1 is 1.37 bits per heavy atom. The van der Waals surface area contributed by atoms with Crippen LogP contribution in [0.5, 0.6) is 0 Å². The van der Waals surface area contributed by atoms with Gasteiger partial charge < -0.3 is 10.6 Å². The van der Waals surface area contributed by atoms with Gasteiger partial charge in [0.05, 0.1) is 6.04 Å². The lowest BCUT2D eigenvalue weighted by Gasteiger charge is -2.28. The minimum Gasteiger partial charge on any atom is -0.339 e. The molecule has 0 aromatic heterocycles. The van der Waals surface area contributed by atoms with Gasteiger partial charge in [-0.15, -0.1) is 0 Å². The van der Waals surface area contributed by atoms with E-state index in [0.717, 1.165) is 24.8 Å². The summed E-state index contributed by atoms with van der Waals surface area (Å²) in [6.07, 6.45) is 2.58. The lowest BCUT2D eigenvalue weighted by atomic mass is 10.0. The fourth-order valence-corrected chi connectivity index (χ4v) is 2.68. The molecule has 3 atom stereocenters. The second-order valence-electron chi connectivity index (χ2n) is 5.45. The van der Waals surface area contributed by atoms with Gasteiger partial charge in [-0.05, 0) is 43.9 Å². The molecule has 19 heavy (non-hydrogen) atoms. The molecule has 3 nitrogen and oxygen atoms in total. The zero-order chi connectivity index (χ0) is 14.0. The lowest BCUT2D eigenvalue weighted by Crippen LogP contribution is -2.34. The molecule has 2 N–H and O–H groups in total. The van der Waals surface area contributed by atoms with E-state index in [2.05, 4.69) is 0 Å². The number of hydrogen-bond donors (Lipinski definition) is 1. The number of nitrogens with zero attached hydrogens (tertiary/aromatic N) is 1. The Labute approximate surface area is 113 Å². The van der Waals surface area contributed by atoms with Crippen molar-refractivity contribution in [2.75, 3.05) is 7.05 Å². The molecule has 4 heteroatoms. The van der Waals surface area contributed by atoms with Crippen LogP contribution in [-0.2, 0) is 4.79 Å². The maximum absolute atomic E-state index is 12.9. The van der Waals surface area contributed by atoms with Crippen molar-refractivity contribution in [2.45, 2.75) is 38.3 Å². The third kappa shape index (κ3) is 3.13. The van der Waals surface area contributed by atoms with E-state index in [0.29, 0.717) is 0 Å². The molecule has 1 aliphatic rings. The molecular weight excluding hydrogens is 243 g/mol. The van der Waals surface area contributed by atoms with Crippen molar-refractivity contribution in [3.05, 3.63) is 35.6 Å². The van der Waals surface area contributed by atoms with Gasteiger partial charge in [0.2, 0.25) is 5.91 Å². The number of rotatable bonds is 3. The zero-order valence-corrected chi connectivity index (χ0v) is 11.5. The molecule has 1 aromatic carbocycles. The number of carbonyl (C=O) groups excluding carboxylic acids is 1. The van der Waals surface area contributed by atoms with Crippen molar-refractivity contribution < 1.29 is 9.18 Å². The molecule has 0 spiro atoms. The predicted octanol–water partition coefficient (Wildman–Crippen LogP) is 2.47. The van der Waals surface area contributed by atoms with Gasteiger partial charge in [0.1, 0.15) is 5.82 Å². The molecule has 1 aromatic rings. The van der Waals surface area contributed by atoms with Crippen molar-refractivity contribution in [2.24, 2.45) is 11.7 Å². The number of carbonyl (C=O) groups is 1. The summed E-state index contributed by atoms with van der Waals surface area (Å²) in [5, 5.41) is 0. The summed E-state index contributed by atoms with van der Waals surface area (Å²) in [6.45, 7) is 1.96. The Morgan fingerprint density at radius 3 is 2.53 bits per heavy atom. The molecule has 104 valence electrons. The molecule has 1 saturated carbocycles. The number of nitrogens with two attached hydrogens (primary N) is 1. The lowest BCUT2D eigenvalue weighted by molar-refractivity contribution is -0.136. The molecule has 0 bridgehead atoms. The fraction of sp³-hybridized carbons (Fsp3) is 0.533. The first-order chi connectivity index (χ1) is 8.99. The summed E-state index contributed by atoms with van der Waals surface area (Å²) in [5.41, 5.74) is 6.80. The summed E-state index contributed by atoms with van der Waals surface area (Å²) in [4.78, 5) is 14.1. The molecule has 0 heterocycles. The highest BCUT2D eigenvalue weighted by atomic mass is 19.1. The summed E-state index contributed by atoms with van der Waals surface area (Å²) < 4.78 is 12.9. The van der Waals surface area contributed by atoms with Crippen LogP contribution >= 0.6 is 0 Å². The molecule has 0 aliphatic heterocycles. The van der Waals surface area contributed by atoms with E-state index in [-0.39, 0.29) is 29.7 Å². The van der Waals surface area contributed by atoms with E-state index >= 15 is 0 Å². The SMILES string of the molecule is CC(c1ccc(F)cc1)N(C)C(=O)C1CCC(N)C1. The molecule has 0 radical (unpaired) electrons. The monoisotopic (exact) mass is 264 g/mol. The van der Waals surface area contributed by atoms with Gasteiger partial charge in [-0.3, -0.25) is 4.79 Å². The first-order valence-electron chi connectivity index (χ1n) is 6.76. The van der Waals surface area contributed by atoms with E-state index in [1.54, 1.807) is 24.1 Å². The fourth-order valence-electron chi connectivity index (χ4n) is 2.68. The second kappa shape index (κ2) is 5.70.